The monoisotopic (exact) mass is 583 g/mol. The van der Waals surface area contributed by atoms with E-state index < -0.39 is 84.3 Å². The number of urea groups is 1. The van der Waals surface area contributed by atoms with Gasteiger partial charge in [-0.2, -0.15) is 8.42 Å². The number of carbonyl (C=O) groups excluding carboxylic acids is 4. The number of amides is 4. The summed E-state index contributed by atoms with van der Waals surface area (Å²) in [6.07, 6.45) is -0.430. The van der Waals surface area contributed by atoms with Crippen molar-refractivity contribution in [1.82, 2.24) is 19.8 Å². The first-order chi connectivity index (χ1) is 18.8. The number of aliphatic hydroxyl groups is 1. The van der Waals surface area contributed by atoms with Crippen LogP contribution in [0.5, 0.6) is 5.75 Å². The Morgan fingerprint density at radius 3 is 2.52 bits per heavy atom. The lowest BCUT2D eigenvalue weighted by Gasteiger charge is -2.34. The maximum atomic E-state index is 13.5. The number of hydrogen-bond acceptors (Lipinski definition) is 10. The maximum Gasteiger partial charge on any atom is 0.526 e. The van der Waals surface area contributed by atoms with Gasteiger partial charge < -0.3 is 30.1 Å². The molecule has 0 spiro atoms. The standard InChI is InChI=1S/C22H30BN5O11S/c1-2-27-6-7-28(20(32)19(27)31)22(35)26-17(13(11-29)10-25-40(24,37)38)16(30)9-14-8-12-4-3-5-15(21(33)34)18(12)39-23(14)36/h3-5,13-14,17,25,29,36H,2,6-11H2,1H3,(H,26,35)(H,33,34)(H2,24,37,38)/t13?,14-,17?/m1/s1. The van der Waals surface area contributed by atoms with Crippen LogP contribution in [0.4, 0.5) is 4.79 Å². The fraction of sp³-hybridized carbons (Fsp3) is 0.500. The molecule has 2 aliphatic rings. The zero-order chi connectivity index (χ0) is 29.8. The number of rotatable bonds is 11. The Labute approximate surface area is 229 Å². The second-order valence-corrected chi connectivity index (χ2v) is 10.7. The summed E-state index contributed by atoms with van der Waals surface area (Å²) in [5.41, 5.74) is 0.236. The molecule has 1 aromatic rings. The number of carboxylic acids is 1. The van der Waals surface area contributed by atoms with Gasteiger partial charge in [-0.1, -0.05) is 12.1 Å². The van der Waals surface area contributed by atoms with E-state index in [-0.39, 0.29) is 37.4 Å². The number of aliphatic hydroxyl groups excluding tert-OH is 1. The molecule has 0 radical (unpaired) electrons. The van der Waals surface area contributed by atoms with Crippen LogP contribution < -0.4 is 19.8 Å². The van der Waals surface area contributed by atoms with Gasteiger partial charge in [0.25, 0.3) is 10.2 Å². The van der Waals surface area contributed by atoms with E-state index in [9.17, 15) is 47.6 Å². The second kappa shape index (κ2) is 12.7. The minimum absolute atomic E-state index is 0.0230. The molecule has 2 aliphatic heterocycles. The summed E-state index contributed by atoms with van der Waals surface area (Å²) in [7, 11) is -5.86. The Kier molecular flexibility index (Phi) is 9.85. The summed E-state index contributed by atoms with van der Waals surface area (Å²) in [4.78, 5) is 64.5. The van der Waals surface area contributed by atoms with Crippen LogP contribution in [-0.4, -0.2) is 109 Å². The van der Waals surface area contributed by atoms with Crippen molar-refractivity contribution in [2.75, 3.05) is 32.8 Å². The molecule has 7 N–H and O–H groups in total. The van der Waals surface area contributed by atoms with Gasteiger partial charge in [0.1, 0.15) is 5.75 Å². The SMILES string of the molecule is CCN1CCN(C(=O)NC(C(=O)C[C@H]2Cc3cccc(C(=O)O)c3OB2O)C(CO)CNS(N)(=O)=O)C(=O)C1=O. The normalized spacial score (nSPS) is 19.0. The number of aromatic carboxylic acids is 1. The van der Waals surface area contributed by atoms with Gasteiger partial charge in [0.15, 0.2) is 5.78 Å². The van der Waals surface area contributed by atoms with Crippen molar-refractivity contribution >= 4 is 46.9 Å². The van der Waals surface area contributed by atoms with Gasteiger partial charge in [0, 0.05) is 50.9 Å². The predicted octanol–water partition coefficient (Wildman–Crippen LogP) is -2.70. The molecule has 0 saturated carbocycles. The largest absolute Gasteiger partial charge is 0.535 e. The topological polar surface area (TPSA) is 246 Å². The number of carboxylic acid groups (broad SMARTS) is 1. The van der Waals surface area contributed by atoms with Crippen LogP contribution in [0.2, 0.25) is 5.82 Å². The second-order valence-electron chi connectivity index (χ2n) is 9.35. The molecule has 2 unspecified atom stereocenters. The van der Waals surface area contributed by atoms with E-state index in [0.717, 1.165) is 0 Å². The highest BCUT2D eigenvalue weighted by molar-refractivity contribution is 7.87. The summed E-state index contributed by atoms with van der Waals surface area (Å²) in [6, 6.07) is 1.64. The molecule has 1 fully saturated rings. The molecule has 1 aromatic carbocycles. The zero-order valence-corrected chi connectivity index (χ0v) is 22.3. The Morgan fingerprint density at radius 2 is 1.93 bits per heavy atom. The third kappa shape index (κ3) is 7.13. The Hall–Kier alpha value is -3.58. The Morgan fingerprint density at radius 1 is 1.23 bits per heavy atom. The number of hydrogen-bond donors (Lipinski definition) is 6. The molecule has 16 nitrogen and oxygen atoms in total. The molecule has 4 amide bonds. The number of Topliss-reactive ketones (excluding diaryl/α,β-unsaturated/α-hetero) is 1. The first kappa shape index (κ1) is 31.0. The van der Waals surface area contributed by atoms with Crippen molar-refractivity contribution in [2.45, 2.75) is 31.6 Å². The molecular weight excluding hydrogens is 553 g/mol. The molecule has 40 heavy (non-hydrogen) atoms. The number of ketones is 1. The number of nitrogens with zero attached hydrogens (tertiary/aromatic N) is 2. The molecule has 0 aliphatic carbocycles. The molecule has 218 valence electrons. The van der Waals surface area contributed by atoms with E-state index in [1.807, 2.05) is 4.72 Å². The highest BCUT2D eigenvalue weighted by Crippen LogP contribution is 2.36. The number of nitrogens with two attached hydrogens (primary N) is 1. The summed E-state index contributed by atoms with van der Waals surface area (Å²) in [6.45, 7) is 0.427. The van der Waals surface area contributed by atoms with E-state index in [1.165, 1.54) is 17.0 Å². The fourth-order valence-corrected chi connectivity index (χ4v) is 5.01. The van der Waals surface area contributed by atoms with Crippen molar-refractivity contribution in [3.63, 3.8) is 0 Å². The molecule has 18 heteroatoms. The quantitative estimate of drug-likeness (QED) is 0.116. The van der Waals surface area contributed by atoms with Crippen molar-refractivity contribution in [3.8, 4) is 5.75 Å². The Balaban J connectivity index is 1.83. The molecule has 0 bridgehead atoms. The number of imide groups is 1. The van der Waals surface area contributed by atoms with Gasteiger partial charge in [0.05, 0.1) is 11.6 Å². The van der Waals surface area contributed by atoms with Gasteiger partial charge in [-0.3, -0.25) is 19.3 Å². The minimum atomic E-state index is -4.25. The number of para-hydroxylation sites is 1. The number of piperazine rings is 1. The van der Waals surface area contributed by atoms with E-state index in [1.54, 1.807) is 13.0 Å². The van der Waals surface area contributed by atoms with Gasteiger partial charge in [0.2, 0.25) is 0 Å². The van der Waals surface area contributed by atoms with E-state index in [4.69, 9.17) is 9.79 Å². The zero-order valence-electron chi connectivity index (χ0n) is 21.5. The number of benzene rings is 1. The first-order valence-electron chi connectivity index (χ1n) is 12.3. The predicted molar refractivity (Wildman–Crippen MR) is 137 cm³/mol. The average Bonchev–Trinajstić information content (AvgIpc) is 2.89. The van der Waals surface area contributed by atoms with Crippen molar-refractivity contribution in [3.05, 3.63) is 29.3 Å². The van der Waals surface area contributed by atoms with Crippen LogP contribution in [0.3, 0.4) is 0 Å². The van der Waals surface area contributed by atoms with Gasteiger partial charge >= 0.3 is 30.9 Å². The lowest BCUT2D eigenvalue weighted by Crippen LogP contribution is -2.61. The summed E-state index contributed by atoms with van der Waals surface area (Å²) < 4.78 is 30.2. The van der Waals surface area contributed by atoms with Crippen LogP contribution in [-0.2, 0) is 31.0 Å². The first-order valence-corrected chi connectivity index (χ1v) is 13.8. The van der Waals surface area contributed by atoms with Crippen molar-refractivity contribution < 1.29 is 52.3 Å². The Bertz CT molecular complexity index is 1290. The van der Waals surface area contributed by atoms with Gasteiger partial charge in [-0.05, 0) is 25.0 Å². The van der Waals surface area contributed by atoms with Crippen molar-refractivity contribution in [1.29, 1.82) is 0 Å². The van der Waals surface area contributed by atoms with Gasteiger partial charge in [-0.15, -0.1) is 0 Å². The van der Waals surface area contributed by atoms with Gasteiger partial charge in [-0.25, -0.2) is 19.5 Å². The van der Waals surface area contributed by atoms with E-state index in [2.05, 4.69) is 5.32 Å². The smallest absolute Gasteiger partial charge is 0.526 e. The molecular formula is C22H30BN5O11S. The lowest BCUT2D eigenvalue weighted by atomic mass is 9.64. The van der Waals surface area contributed by atoms with Crippen molar-refractivity contribution in [2.24, 2.45) is 11.1 Å². The fourth-order valence-electron chi connectivity index (χ4n) is 4.56. The number of fused-ring (bicyclic) bond motifs is 1. The lowest BCUT2D eigenvalue weighted by molar-refractivity contribution is -0.153. The average molecular weight is 583 g/mol. The van der Waals surface area contributed by atoms with E-state index >= 15 is 0 Å². The molecule has 3 atom stereocenters. The third-order valence-corrected chi connectivity index (χ3v) is 7.30. The number of likely N-dealkylation sites (N-methyl/N-ethyl adjacent to an activating group) is 1. The van der Waals surface area contributed by atoms with Crippen LogP contribution in [0.1, 0.15) is 29.3 Å². The molecule has 3 rings (SSSR count). The van der Waals surface area contributed by atoms with Crippen LogP contribution >= 0.6 is 0 Å². The molecule has 1 saturated heterocycles. The van der Waals surface area contributed by atoms with E-state index in [0.29, 0.717) is 10.5 Å². The number of nitrogens with one attached hydrogen (secondary N) is 2. The highest BCUT2D eigenvalue weighted by atomic mass is 32.2. The summed E-state index contributed by atoms with van der Waals surface area (Å²) >= 11 is 0. The van der Waals surface area contributed by atoms with Crippen LogP contribution in [0, 0.1) is 5.92 Å². The summed E-state index contributed by atoms with van der Waals surface area (Å²) in [5, 5.41) is 37.1. The number of carbonyl (C=O) groups is 5. The van der Waals surface area contributed by atoms with Crippen LogP contribution in [0.25, 0.3) is 0 Å². The third-order valence-electron chi connectivity index (χ3n) is 6.73. The molecule has 0 aromatic heterocycles. The summed E-state index contributed by atoms with van der Waals surface area (Å²) in [5.74, 6) is -6.29. The van der Waals surface area contributed by atoms with Crippen LogP contribution in [0.15, 0.2) is 18.2 Å². The maximum absolute atomic E-state index is 13.5. The highest BCUT2D eigenvalue weighted by Gasteiger charge is 2.42. The molecule has 2 heterocycles. The minimum Gasteiger partial charge on any atom is -0.535 e.